The third-order valence-electron chi connectivity index (χ3n) is 6.18. The first-order valence-electron chi connectivity index (χ1n) is 12.3. The van der Waals surface area contributed by atoms with Gasteiger partial charge in [0.15, 0.2) is 0 Å². The van der Waals surface area contributed by atoms with Crippen molar-refractivity contribution in [1.29, 1.82) is 0 Å². The number of nitrogens with zero attached hydrogens (tertiary/aromatic N) is 2. The number of ether oxygens (including phenoxy) is 1. The molecule has 0 bridgehead atoms. The molecule has 2 aromatic rings. The summed E-state index contributed by atoms with van der Waals surface area (Å²) < 4.78 is 5.48. The van der Waals surface area contributed by atoms with Gasteiger partial charge in [0.2, 0.25) is 5.91 Å². The number of aliphatic carboxylic acids is 2. The van der Waals surface area contributed by atoms with Crippen molar-refractivity contribution in [3.8, 4) is 0 Å². The van der Waals surface area contributed by atoms with Gasteiger partial charge in [-0.25, -0.2) is 9.59 Å². The molecule has 1 fully saturated rings. The first-order valence-corrected chi connectivity index (χ1v) is 13.9. The zero-order valence-corrected chi connectivity index (χ0v) is 24.8. The number of esters is 1. The Bertz CT molecular complexity index is 1190. The van der Waals surface area contributed by atoms with Crippen LogP contribution >= 0.6 is 46.4 Å². The van der Waals surface area contributed by atoms with Crippen LogP contribution in [-0.2, 0) is 36.8 Å². The van der Waals surface area contributed by atoms with Crippen LogP contribution in [0.2, 0.25) is 20.1 Å². The van der Waals surface area contributed by atoms with Crippen LogP contribution in [0.5, 0.6) is 0 Å². The Balaban J connectivity index is 0.000000840. The predicted molar refractivity (Wildman–Crippen MR) is 153 cm³/mol. The highest BCUT2D eigenvalue weighted by Crippen LogP contribution is 2.24. The summed E-state index contributed by atoms with van der Waals surface area (Å²) in [6.07, 6.45) is 3.20. The van der Waals surface area contributed by atoms with Crippen molar-refractivity contribution in [2.75, 3.05) is 33.3 Å². The number of benzene rings is 2. The number of halogens is 4. The Morgan fingerprint density at radius 3 is 1.82 bits per heavy atom. The summed E-state index contributed by atoms with van der Waals surface area (Å²) in [5.74, 6) is -4.02. The van der Waals surface area contributed by atoms with Crippen molar-refractivity contribution in [3.05, 3.63) is 67.6 Å². The number of hydrogen-bond donors (Lipinski definition) is 2. The molecule has 1 aliphatic heterocycles. The van der Waals surface area contributed by atoms with E-state index in [0.29, 0.717) is 26.5 Å². The van der Waals surface area contributed by atoms with Gasteiger partial charge in [0, 0.05) is 26.1 Å². The quantitative estimate of drug-likeness (QED) is 0.273. The summed E-state index contributed by atoms with van der Waals surface area (Å²) in [6, 6.07) is 10.2. The summed E-state index contributed by atoms with van der Waals surface area (Å²) in [4.78, 5) is 47.7. The zero-order valence-electron chi connectivity index (χ0n) is 21.7. The van der Waals surface area contributed by atoms with E-state index in [-0.39, 0.29) is 37.4 Å². The standard InChI is InChI=1S/C25H28Cl4N2O3.C2H2O4/c1-30(24(32)14-17-4-6-20(26)22(28)12-17)19(16-31-9-2-3-10-31)8-11-34-25(33)15-18-5-7-21(27)23(29)13-18;3-1(4)2(5)6/h4-7,12-13,19H,2-3,8-11,14-16H2,1H3;(H,3,4)(H,5,6)/t19-;/m0./s1. The van der Waals surface area contributed by atoms with Gasteiger partial charge in [-0.1, -0.05) is 58.5 Å². The van der Waals surface area contributed by atoms with Crippen LogP contribution in [0.15, 0.2) is 36.4 Å². The molecule has 1 aliphatic rings. The van der Waals surface area contributed by atoms with Crippen LogP contribution in [0.1, 0.15) is 30.4 Å². The second kappa shape index (κ2) is 16.6. The highest BCUT2D eigenvalue weighted by molar-refractivity contribution is 6.42. The molecule has 0 aromatic heterocycles. The molecule has 13 heteroatoms. The highest BCUT2D eigenvalue weighted by Gasteiger charge is 2.25. The third kappa shape index (κ3) is 11.5. The third-order valence-corrected chi connectivity index (χ3v) is 7.66. The summed E-state index contributed by atoms with van der Waals surface area (Å²) in [6.45, 7) is 3.00. The molecule has 0 unspecified atom stereocenters. The molecular formula is C27H30Cl4N2O7. The summed E-state index contributed by atoms with van der Waals surface area (Å²) in [5.41, 5.74) is 1.54. The normalized spacial score (nSPS) is 13.6. The summed E-state index contributed by atoms with van der Waals surface area (Å²) >= 11 is 24.0. The number of likely N-dealkylation sites (N-methyl/N-ethyl adjacent to an activating group) is 1. The van der Waals surface area contributed by atoms with Crippen LogP contribution in [0.4, 0.5) is 0 Å². The van der Waals surface area contributed by atoms with E-state index in [2.05, 4.69) is 4.90 Å². The Morgan fingerprint density at radius 2 is 1.35 bits per heavy atom. The van der Waals surface area contributed by atoms with Crippen molar-refractivity contribution in [2.45, 2.75) is 38.1 Å². The minimum atomic E-state index is -1.82. The molecule has 1 amide bonds. The van der Waals surface area contributed by atoms with Crippen LogP contribution in [0, 0.1) is 0 Å². The number of rotatable bonds is 10. The minimum Gasteiger partial charge on any atom is -0.473 e. The lowest BCUT2D eigenvalue weighted by Gasteiger charge is -2.31. The second-order valence-corrected chi connectivity index (χ2v) is 10.8. The molecule has 40 heavy (non-hydrogen) atoms. The second-order valence-electron chi connectivity index (χ2n) is 9.14. The van der Waals surface area contributed by atoms with Crippen molar-refractivity contribution in [1.82, 2.24) is 9.80 Å². The zero-order chi connectivity index (χ0) is 29.8. The summed E-state index contributed by atoms with van der Waals surface area (Å²) in [7, 11) is 1.80. The molecule has 2 aromatic carbocycles. The Hall–Kier alpha value is -2.56. The van der Waals surface area contributed by atoms with Crippen LogP contribution in [-0.4, -0.2) is 83.2 Å². The number of hydrogen-bond acceptors (Lipinski definition) is 6. The molecule has 0 radical (unpaired) electrons. The first kappa shape index (κ1) is 33.6. The monoisotopic (exact) mass is 634 g/mol. The predicted octanol–water partition coefficient (Wildman–Crippen LogP) is 5.10. The number of carboxylic acid groups (broad SMARTS) is 2. The van der Waals surface area contributed by atoms with E-state index in [9.17, 15) is 9.59 Å². The number of carboxylic acids is 2. The van der Waals surface area contributed by atoms with Crippen LogP contribution < -0.4 is 0 Å². The number of carbonyl (C=O) groups excluding carboxylic acids is 2. The summed E-state index contributed by atoms with van der Waals surface area (Å²) in [5, 5.41) is 16.5. The maximum atomic E-state index is 13.0. The van der Waals surface area contributed by atoms with E-state index in [1.165, 1.54) is 0 Å². The fourth-order valence-electron chi connectivity index (χ4n) is 4.00. The van der Waals surface area contributed by atoms with E-state index in [1.54, 1.807) is 48.3 Å². The topological polar surface area (TPSA) is 124 Å². The van der Waals surface area contributed by atoms with Crippen molar-refractivity contribution >= 4 is 70.2 Å². The maximum absolute atomic E-state index is 13.0. The highest BCUT2D eigenvalue weighted by atomic mass is 35.5. The van der Waals surface area contributed by atoms with Gasteiger partial charge < -0.3 is 24.7 Å². The Labute approximate surface area is 252 Å². The first-order chi connectivity index (χ1) is 18.9. The molecule has 0 saturated carbocycles. The fraction of sp³-hybridized carbons (Fsp3) is 0.407. The molecule has 0 spiro atoms. The molecule has 2 N–H and O–H groups in total. The molecule has 1 saturated heterocycles. The molecule has 0 aliphatic carbocycles. The maximum Gasteiger partial charge on any atom is 0.414 e. The Kier molecular flexibility index (Phi) is 14.0. The van der Waals surface area contributed by atoms with E-state index in [1.807, 2.05) is 0 Å². The van der Waals surface area contributed by atoms with E-state index < -0.39 is 11.9 Å². The molecule has 218 valence electrons. The van der Waals surface area contributed by atoms with Gasteiger partial charge in [0.05, 0.1) is 39.5 Å². The van der Waals surface area contributed by atoms with Gasteiger partial charge in [-0.05, 0) is 61.3 Å². The van der Waals surface area contributed by atoms with Crippen LogP contribution in [0.25, 0.3) is 0 Å². The van der Waals surface area contributed by atoms with Gasteiger partial charge in [-0.15, -0.1) is 0 Å². The van der Waals surface area contributed by atoms with E-state index >= 15 is 0 Å². The average molecular weight is 636 g/mol. The fourth-order valence-corrected chi connectivity index (χ4v) is 4.64. The van der Waals surface area contributed by atoms with Gasteiger partial charge in [-0.2, -0.15) is 0 Å². The lowest BCUT2D eigenvalue weighted by atomic mass is 10.1. The Morgan fingerprint density at radius 1 is 0.850 bits per heavy atom. The largest absolute Gasteiger partial charge is 0.473 e. The number of carbonyl (C=O) groups is 4. The minimum absolute atomic E-state index is 0.0234. The van der Waals surface area contributed by atoms with Crippen molar-refractivity contribution < 1.29 is 34.1 Å². The molecular weight excluding hydrogens is 606 g/mol. The molecule has 1 heterocycles. The van der Waals surface area contributed by atoms with Crippen molar-refractivity contribution in [2.24, 2.45) is 0 Å². The molecule has 1 atom stereocenters. The number of likely N-dealkylation sites (tertiary alicyclic amines) is 1. The number of amides is 1. The van der Waals surface area contributed by atoms with E-state index in [0.717, 1.165) is 43.6 Å². The van der Waals surface area contributed by atoms with Gasteiger partial charge in [-0.3, -0.25) is 9.59 Å². The van der Waals surface area contributed by atoms with Crippen LogP contribution in [0.3, 0.4) is 0 Å². The van der Waals surface area contributed by atoms with Gasteiger partial charge in [0.25, 0.3) is 0 Å². The van der Waals surface area contributed by atoms with Gasteiger partial charge in [0.1, 0.15) is 0 Å². The lowest BCUT2D eigenvalue weighted by molar-refractivity contribution is -0.159. The average Bonchev–Trinajstić information content (AvgIpc) is 3.41. The SMILES string of the molecule is CN(C(=O)Cc1ccc(Cl)c(Cl)c1)[C@@H](CCOC(=O)Cc1ccc(Cl)c(Cl)c1)CN1CCCC1.O=C(O)C(=O)O. The van der Waals surface area contributed by atoms with Gasteiger partial charge >= 0.3 is 17.9 Å². The van der Waals surface area contributed by atoms with E-state index in [4.69, 9.17) is 70.9 Å². The van der Waals surface area contributed by atoms with Crippen molar-refractivity contribution in [3.63, 3.8) is 0 Å². The lowest BCUT2D eigenvalue weighted by Crippen LogP contribution is -2.45. The smallest absolute Gasteiger partial charge is 0.414 e. The molecule has 9 nitrogen and oxygen atoms in total. The molecule has 3 rings (SSSR count).